The van der Waals surface area contributed by atoms with Gasteiger partial charge in [-0.05, 0) is 13.8 Å². The van der Waals surface area contributed by atoms with Crippen molar-refractivity contribution < 1.29 is 40.3 Å². The first-order valence-corrected chi connectivity index (χ1v) is 5.85. The Balaban J connectivity index is 3.72. The van der Waals surface area contributed by atoms with Gasteiger partial charge in [-0.1, -0.05) is 29.3 Å². The van der Waals surface area contributed by atoms with Crippen molar-refractivity contribution >= 4 is 5.97 Å². The van der Waals surface area contributed by atoms with Crippen molar-refractivity contribution in [3.8, 4) is 0 Å². The first-order chi connectivity index (χ1) is 9.85. The van der Waals surface area contributed by atoms with E-state index in [2.05, 4.69) is 4.74 Å². The monoisotopic (exact) mass is 332 g/mol. The summed E-state index contributed by atoms with van der Waals surface area (Å²) in [5, 5.41) is 0. The van der Waals surface area contributed by atoms with Gasteiger partial charge < -0.3 is 4.74 Å². The van der Waals surface area contributed by atoms with E-state index in [1.54, 1.807) is 0 Å². The van der Waals surface area contributed by atoms with Crippen LogP contribution in [0.1, 0.15) is 16.7 Å². The van der Waals surface area contributed by atoms with Crippen LogP contribution in [-0.4, -0.2) is 25.0 Å². The van der Waals surface area contributed by atoms with Crippen molar-refractivity contribution in [2.24, 2.45) is 0 Å². The number of esters is 1. The number of carbonyl (C=O) groups excluding carboxylic acids is 1. The number of hydrogen-bond acceptors (Lipinski definition) is 2. The second kappa shape index (κ2) is 5.77. The Kier molecular flexibility index (Phi) is 4.79. The molecule has 0 amide bonds. The van der Waals surface area contributed by atoms with Crippen molar-refractivity contribution in [2.75, 3.05) is 6.67 Å². The lowest BCUT2D eigenvalue weighted by atomic mass is 9.89. The number of aryl methyl sites for hydroxylation is 2. The standard InChI is InChI=1S/C13H11F7O2/c1-7-3-8(2)5-9(4-7)11(12(15,16)17,13(18,19)20)22-10(21)6-14/h3-5H,6H2,1-2H3. The molecule has 0 aliphatic heterocycles. The van der Waals surface area contributed by atoms with Crippen LogP contribution in [0.3, 0.4) is 0 Å². The minimum absolute atomic E-state index is 0.101. The third kappa shape index (κ3) is 3.17. The normalized spacial score (nSPS) is 13.1. The summed E-state index contributed by atoms with van der Waals surface area (Å²) < 4.78 is 94.9. The average molecular weight is 332 g/mol. The Hall–Kier alpha value is -1.80. The van der Waals surface area contributed by atoms with Gasteiger partial charge in [-0.2, -0.15) is 26.3 Å². The predicted octanol–water partition coefficient (Wildman–Crippen LogP) is 4.14. The van der Waals surface area contributed by atoms with Gasteiger partial charge in [-0.25, -0.2) is 9.18 Å². The zero-order valence-electron chi connectivity index (χ0n) is 11.4. The van der Waals surface area contributed by atoms with E-state index in [-0.39, 0.29) is 11.1 Å². The molecule has 0 bridgehead atoms. The molecule has 9 heteroatoms. The molecule has 2 nitrogen and oxygen atoms in total. The van der Waals surface area contributed by atoms with E-state index in [1.165, 1.54) is 19.9 Å². The Labute approximate surface area is 120 Å². The fourth-order valence-electron chi connectivity index (χ4n) is 2.04. The summed E-state index contributed by atoms with van der Waals surface area (Å²) in [4.78, 5) is 10.9. The summed E-state index contributed by atoms with van der Waals surface area (Å²) in [5.74, 6) is -2.26. The molecule has 0 N–H and O–H groups in total. The third-order valence-corrected chi connectivity index (χ3v) is 2.80. The number of carbonyl (C=O) groups is 1. The molecule has 124 valence electrons. The van der Waals surface area contributed by atoms with Crippen LogP contribution in [0.4, 0.5) is 30.7 Å². The quantitative estimate of drug-likeness (QED) is 0.614. The molecule has 0 heterocycles. The van der Waals surface area contributed by atoms with Crippen LogP contribution >= 0.6 is 0 Å². The lowest BCUT2D eigenvalue weighted by molar-refractivity contribution is -0.377. The average Bonchev–Trinajstić information content (AvgIpc) is 2.30. The van der Waals surface area contributed by atoms with E-state index in [0.29, 0.717) is 12.1 Å². The zero-order valence-corrected chi connectivity index (χ0v) is 11.4. The molecule has 0 radical (unpaired) electrons. The molecule has 0 unspecified atom stereocenters. The number of ether oxygens (including phenoxy) is 1. The summed E-state index contributed by atoms with van der Waals surface area (Å²) in [6.07, 6.45) is -12.0. The third-order valence-electron chi connectivity index (χ3n) is 2.80. The Bertz CT molecular complexity index is 526. The van der Waals surface area contributed by atoms with Gasteiger partial charge in [0.25, 0.3) is 0 Å². The van der Waals surface area contributed by atoms with E-state index < -0.39 is 36.2 Å². The predicted molar refractivity (Wildman–Crippen MR) is 61.8 cm³/mol. The zero-order chi connectivity index (χ0) is 17.3. The van der Waals surface area contributed by atoms with Gasteiger partial charge in [0.2, 0.25) is 0 Å². The van der Waals surface area contributed by atoms with Crippen molar-refractivity contribution in [1.29, 1.82) is 0 Å². The SMILES string of the molecule is Cc1cc(C)cc(C(OC(=O)CF)(C(F)(F)F)C(F)(F)F)c1. The number of benzene rings is 1. The molecule has 0 aliphatic carbocycles. The summed E-state index contributed by atoms with van der Waals surface area (Å²) >= 11 is 0. The van der Waals surface area contributed by atoms with Crippen LogP contribution in [0.5, 0.6) is 0 Å². The molecule has 1 aromatic carbocycles. The van der Waals surface area contributed by atoms with Crippen molar-refractivity contribution in [3.05, 3.63) is 34.9 Å². The second-order valence-electron chi connectivity index (χ2n) is 4.66. The van der Waals surface area contributed by atoms with Crippen LogP contribution in [0, 0.1) is 13.8 Å². The molecule has 0 atom stereocenters. The molecule has 0 fully saturated rings. The highest BCUT2D eigenvalue weighted by Crippen LogP contribution is 2.53. The lowest BCUT2D eigenvalue weighted by Gasteiger charge is -2.36. The van der Waals surface area contributed by atoms with E-state index in [0.717, 1.165) is 0 Å². The van der Waals surface area contributed by atoms with Gasteiger partial charge >= 0.3 is 23.9 Å². The number of alkyl halides is 7. The first kappa shape index (κ1) is 18.2. The van der Waals surface area contributed by atoms with Crippen LogP contribution < -0.4 is 0 Å². The van der Waals surface area contributed by atoms with Gasteiger partial charge in [0.15, 0.2) is 6.67 Å². The summed E-state index contributed by atoms with van der Waals surface area (Å²) in [5.41, 5.74) is -6.04. The highest BCUT2D eigenvalue weighted by atomic mass is 19.4. The van der Waals surface area contributed by atoms with Crippen molar-refractivity contribution in [1.82, 2.24) is 0 Å². The largest absolute Gasteiger partial charge is 0.442 e. The Morgan fingerprint density at radius 3 is 1.68 bits per heavy atom. The minimum atomic E-state index is -6.02. The molecule has 0 spiro atoms. The van der Waals surface area contributed by atoms with Crippen molar-refractivity contribution in [3.63, 3.8) is 0 Å². The molecule has 1 aromatic rings. The van der Waals surface area contributed by atoms with E-state index in [9.17, 15) is 35.5 Å². The van der Waals surface area contributed by atoms with Gasteiger partial charge in [0.05, 0.1) is 0 Å². The van der Waals surface area contributed by atoms with Gasteiger partial charge in [0.1, 0.15) is 0 Å². The number of rotatable bonds is 3. The smallest absolute Gasteiger partial charge is 0.432 e. The van der Waals surface area contributed by atoms with E-state index >= 15 is 0 Å². The van der Waals surface area contributed by atoms with Gasteiger partial charge in [0, 0.05) is 5.56 Å². The Morgan fingerprint density at radius 2 is 1.36 bits per heavy atom. The van der Waals surface area contributed by atoms with Crippen molar-refractivity contribution in [2.45, 2.75) is 31.8 Å². The van der Waals surface area contributed by atoms with Crippen LogP contribution in [0.2, 0.25) is 0 Å². The Morgan fingerprint density at radius 1 is 0.955 bits per heavy atom. The molecule has 1 rings (SSSR count). The molecule has 0 saturated heterocycles. The van der Waals surface area contributed by atoms with E-state index in [4.69, 9.17) is 0 Å². The molecule has 0 aliphatic rings. The maximum Gasteiger partial charge on any atom is 0.442 e. The van der Waals surface area contributed by atoms with Crippen LogP contribution in [-0.2, 0) is 15.1 Å². The summed E-state index contributed by atoms with van der Waals surface area (Å²) in [6.45, 7) is 0.453. The molecular formula is C13H11F7O2. The number of halogens is 7. The highest BCUT2D eigenvalue weighted by molar-refractivity contribution is 5.71. The topological polar surface area (TPSA) is 26.3 Å². The molecule has 0 aromatic heterocycles. The summed E-state index contributed by atoms with van der Waals surface area (Å²) in [6, 6.07) is 2.54. The molecular weight excluding hydrogens is 321 g/mol. The number of hydrogen-bond donors (Lipinski definition) is 0. The minimum Gasteiger partial charge on any atom is -0.432 e. The second-order valence-corrected chi connectivity index (χ2v) is 4.66. The van der Waals surface area contributed by atoms with E-state index in [1.807, 2.05) is 0 Å². The molecule has 22 heavy (non-hydrogen) atoms. The highest BCUT2D eigenvalue weighted by Gasteiger charge is 2.75. The van der Waals surface area contributed by atoms with Gasteiger partial charge in [-0.15, -0.1) is 0 Å². The maximum atomic E-state index is 13.2. The van der Waals surface area contributed by atoms with Gasteiger partial charge in [-0.3, -0.25) is 0 Å². The van der Waals surface area contributed by atoms with Crippen LogP contribution in [0.15, 0.2) is 18.2 Å². The van der Waals surface area contributed by atoms with Crippen LogP contribution in [0.25, 0.3) is 0 Å². The first-order valence-electron chi connectivity index (χ1n) is 5.85. The fraction of sp³-hybridized carbons (Fsp3) is 0.462. The maximum absolute atomic E-state index is 13.2. The summed E-state index contributed by atoms with van der Waals surface area (Å²) in [7, 11) is 0. The lowest BCUT2D eigenvalue weighted by Crippen LogP contribution is -2.57. The molecule has 0 saturated carbocycles. The fourth-order valence-corrected chi connectivity index (χ4v) is 2.04.